The van der Waals surface area contributed by atoms with Gasteiger partial charge in [0.05, 0.1) is 18.3 Å². The summed E-state index contributed by atoms with van der Waals surface area (Å²) in [7, 11) is 3.17. The normalized spacial score (nSPS) is 12.0. The number of methoxy groups -OCH3 is 2. The molecule has 6 heteroatoms. The molecule has 1 atom stereocenters. The fourth-order valence-corrected chi connectivity index (χ4v) is 1.92. The molecule has 0 aliphatic heterocycles. The van der Waals surface area contributed by atoms with E-state index in [2.05, 4.69) is 10.6 Å². The summed E-state index contributed by atoms with van der Waals surface area (Å²) in [4.78, 5) is 12.2. The highest BCUT2D eigenvalue weighted by molar-refractivity contribution is 6.31. The largest absolute Gasteiger partial charge is 0.385 e. The zero-order valence-electron chi connectivity index (χ0n) is 12.0. The Morgan fingerprint density at radius 3 is 2.75 bits per heavy atom. The second-order valence-electron chi connectivity index (χ2n) is 4.24. The standard InChI is InChI=1S/C14H21ClN2O3/c1-4-16-13-6-5-10(15)7-12(13)14(18)17-8-11(20-3)9-19-2/h5-7,11,16H,4,8-9H2,1-3H3,(H,17,18). The van der Waals surface area contributed by atoms with Crippen LogP contribution < -0.4 is 10.6 Å². The van der Waals surface area contributed by atoms with Gasteiger partial charge in [-0.3, -0.25) is 4.79 Å². The number of nitrogens with one attached hydrogen (secondary N) is 2. The molecule has 0 aliphatic rings. The van der Waals surface area contributed by atoms with Crippen molar-refractivity contribution in [3.63, 3.8) is 0 Å². The lowest BCUT2D eigenvalue weighted by molar-refractivity contribution is 0.0285. The van der Waals surface area contributed by atoms with Gasteiger partial charge in [-0.05, 0) is 25.1 Å². The van der Waals surface area contributed by atoms with Crippen molar-refractivity contribution in [2.24, 2.45) is 0 Å². The van der Waals surface area contributed by atoms with E-state index >= 15 is 0 Å². The number of halogens is 1. The van der Waals surface area contributed by atoms with Crippen LogP contribution in [0.25, 0.3) is 0 Å². The summed E-state index contributed by atoms with van der Waals surface area (Å²) >= 11 is 5.95. The minimum absolute atomic E-state index is 0.175. The fourth-order valence-electron chi connectivity index (χ4n) is 1.75. The molecule has 0 aliphatic carbocycles. The molecule has 0 spiro atoms. The van der Waals surface area contributed by atoms with Crippen LogP contribution in [0.1, 0.15) is 17.3 Å². The minimum Gasteiger partial charge on any atom is -0.385 e. The fraction of sp³-hybridized carbons (Fsp3) is 0.500. The molecular weight excluding hydrogens is 280 g/mol. The Hall–Kier alpha value is -1.30. The van der Waals surface area contributed by atoms with Crippen LogP contribution in [0.4, 0.5) is 5.69 Å². The maximum atomic E-state index is 12.2. The Morgan fingerprint density at radius 2 is 2.15 bits per heavy atom. The number of anilines is 1. The lowest BCUT2D eigenvalue weighted by Crippen LogP contribution is -2.35. The van der Waals surface area contributed by atoms with E-state index in [1.807, 2.05) is 6.92 Å². The van der Waals surface area contributed by atoms with Gasteiger partial charge in [-0.1, -0.05) is 11.6 Å². The van der Waals surface area contributed by atoms with E-state index in [9.17, 15) is 4.79 Å². The van der Waals surface area contributed by atoms with Crippen LogP contribution in [0.5, 0.6) is 0 Å². The second kappa shape index (κ2) is 8.79. The van der Waals surface area contributed by atoms with Crippen molar-refractivity contribution in [2.45, 2.75) is 13.0 Å². The minimum atomic E-state index is -0.193. The number of ether oxygens (including phenoxy) is 2. The Balaban J connectivity index is 2.73. The first-order chi connectivity index (χ1) is 9.62. The van der Waals surface area contributed by atoms with E-state index in [1.165, 1.54) is 0 Å². The summed E-state index contributed by atoms with van der Waals surface area (Å²) in [5, 5.41) is 6.48. The zero-order chi connectivity index (χ0) is 15.0. The van der Waals surface area contributed by atoms with E-state index in [4.69, 9.17) is 21.1 Å². The molecule has 0 saturated heterocycles. The predicted molar refractivity (Wildman–Crippen MR) is 80.6 cm³/mol. The summed E-state index contributed by atoms with van der Waals surface area (Å²) in [5.74, 6) is -0.193. The summed E-state index contributed by atoms with van der Waals surface area (Å²) in [5.41, 5.74) is 1.28. The van der Waals surface area contributed by atoms with Crippen LogP contribution in [0.15, 0.2) is 18.2 Å². The second-order valence-corrected chi connectivity index (χ2v) is 4.68. The first-order valence-electron chi connectivity index (χ1n) is 6.45. The lowest BCUT2D eigenvalue weighted by Gasteiger charge is -2.16. The molecule has 112 valence electrons. The molecule has 20 heavy (non-hydrogen) atoms. The van der Waals surface area contributed by atoms with Crippen LogP contribution in [0, 0.1) is 0 Å². The lowest BCUT2D eigenvalue weighted by atomic mass is 10.1. The number of rotatable bonds is 8. The van der Waals surface area contributed by atoms with Gasteiger partial charge in [-0.2, -0.15) is 0 Å². The third-order valence-corrected chi connectivity index (χ3v) is 3.00. The van der Waals surface area contributed by atoms with E-state index in [0.29, 0.717) is 23.7 Å². The average Bonchev–Trinajstić information content (AvgIpc) is 2.45. The van der Waals surface area contributed by atoms with Crippen molar-refractivity contribution in [3.05, 3.63) is 28.8 Å². The molecule has 5 nitrogen and oxygen atoms in total. The number of amides is 1. The smallest absolute Gasteiger partial charge is 0.253 e. The van der Waals surface area contributed by atoms with Crippen molar-refractivity contribution in [1.29, 1.82) is 0 Å². The predicted octanol–water partition coefficient (Wildman–Crippen LogP) is 2.16. The van der Waals surface area contributed by atoms with E-state index in [1.54, 1.807) is 32.4 Å². The van der Waals surface area contributed by atoms with Crippen molar-refractivity contribution in [3.8, 4) is 0 Å². The quantitative estimate of drug-likeness (QED) is 0.772. The highest BCUT2D eigenvalue weighted by atomic mass is 35.5. The molecule has 0 heterocycles. The van der Waals surface area contributed by atoms with Crippen molar-refractivity contribution >= 4 is 23.2 Å². The van der Waals surface area contributed by atoms with Gasteiger partial charge >= 0.3 is 0 Å². The summed E-state index contributed by atoms with van der Waals surface area (Å²) < 4.78 is 10.2. The summed E-state index contributed by atoms with van der Waals surface area (Å²) in [6, 6.07) is 5.19. The average molecular weight is 301 g/mol. The molecule has 0 aromatic heterocycles. The van der Waals surface area contributed by atoms with E-state index < -0.39 is 0 Å². The molecule has 0 saturated carbocycles. The van der Waals surface area contributed by atoms with Gasteiger partial charge in [-0.15, -0.1) is 0 Å². The molecule has 0 radical (unpaired) electrons. The van der Waals surface area contributed by atoms with Gasteiger partial charge in [0.15, 0.2) is 0 Å². The highest BCUT2D eigenvalue weighted by Gasteiger charge is 2.14. The van der Waals surface area contributed by atoms with Crippen molar-refractivity contribution in [2.75, 3.05) is 39.2 Å². The third kappa shape index (κ3) is 5.00. The molecule has 1 aromatic carbocycles. The maximum Gasteiger partial charge on any atom is 0.253 e. The SMILES string of the molecule is CCNc1ccc(Cl)cc1C(=O)NCC(COC)OC. The van der Waals surface area contributed by atoms with E-state index in [-0.39, 0.29) is 12.0 Å². The van der Waals surface area contributed by atoms with Gasteiger partial charge < -0.3 is 20.1 Å². The van der Waals surface area contributed by atoms with Gasteiger partial charge in [0.25, 0.3) is 5.91 Å². The molecule has 1 aromatic rings. The molecule has 1 amide bonds. The number of carbonyl (C=O) groups is 1. The van der Waals surface area contributed by atoms with Crippen LogP contribution in [-0.4, -0.2) is 45.9 Å². The number of carbonyl (C=O) groups excluding carboxylic acids is 1. The van der Waals surface area contributed by atoms with Gasteiger partial charge in [0, 0.05) is 38.0 Å². The third-order valence-electron chi connectivity index (χ3n) is 2.77. The number of hydrogen-bond acceptors (Lipinski definition) is 4. The first kappa shape index (κ1) is 16.8. The highest BCUT2D eigenvalue weighted by Crippen LogP contribution is 2.20. The van der Waals surface area contributed by atoms with Crippen LogP contribution >= 0.6 is 11.6 Å². The van der Waals surface area contributed by atoms with E-state index in [0.717, 1.165) is 12.2 Å². The molecule has 0 bridgehead atoms. The molecule has 1 unspecified atom stereocenters. The van der Waals surface area contributed by atoms with Gasteiger partial charge in [-0.25, -0.2) is 0 Å². The summed E-state index contributed by atoms with van der Waals surface area (Å²) in [6.45, 7) is 3.50. The number of benzene rings is 1. The Bertz CT molecular complexity index is 440. The van der Waals surface area contributed by atoms with Gasteiger partial charge in [0.2, 0.25) is 0 Å². The summed E-state index contributed by atoms with van der Waals surface area (Å²) in [6.07, 6.45) is -0.175. The first-order valence-corrected chi connectivity index (χ1v) is 6.83. The monoisotopic (exact) mass is 300 g/mol. The molecular formula is C14H21ClN2O3. The van der Waals surface area contributed by atoms with Crippen LogP contribution in [-0.2, 0) is 9.47 Å². The number of hydrogen-bond donors (Lipinski definition) is 2. The van der Waals surface area contributed by atoms with Gasteiger partial charge in [0.1, 0.15) is 0 Å². The zero-order valence-corrected chi connectivity index (χ0v) is 12.8. The van der Waals surface area contributed by atoms with Crippen molar-refractivity contribution in [1.82, 2.24) is 5.32 Å². The molecule has 0 fully saturated rings. The molecule has 1 rings (SSSR count). The Labute approximate surface area is 124 Å². The van der Waals surface area contributed by atoms with Crippen LogP contribution in [0.2, 0.25) is 5.02 Å². The van der Waals surface area contributed by atoms with Crippen LogP contribution in [0.3, 0.4) is 0 Å². The molecule has 2 N–H and O–H groups in total. The Kier molecular flexibility index (Phi) is 7.36. The Morgan fingerprint density at radius 1 is 1.40 bits per heavy atom. The topological polar surface area (TPSA) is 59.6 Å². The van der Waals surface area contributed by atoms with Crippen molar-refractivity contribution < 1.29 is 14.3 Å². The maximum absolute atomic E-state index is 12.2.